The maximum Gasteiger partial charge on any atom is 0.252 e. The molecule has 1 aromatic heterocycles. The average molecular weight is 554 g/mol. The largest absolute Gasteiger partial charge is 0.384 e. The van der Waals surface area contributed by atoms with E-state index in [0.717, 1.165) is 50.8 Å². The number of piperidine rings is 1. The Morgan fingerprint density at radius 3 is 2.39 bits per heavy atom. The van der Waals surface area contributed by atoms with Gasteiger partial charge in [0.05, 0.1) is 11.1 Å². The van der Waals surface area contributed by atoms with Gasteiger partial charge in [0.15, 0.2) is 5.78 Å². The van der Waals surface area contributed by atoms with E-state index in [2.05, 4.69) is 36.4 Å². The Kier molecular flexibility index (Phi) is 7.01. The highest BCUT2D eigenvalue weighted by Crippen LogP contribution is 2.39. The number of anilines is 2. The van der Waals surface area contributed by atoms with Crippen molar-refractivity contribution < 1.29 is 14.4 Å². The van der Waals surface area contributed by atoms with Crippen molar-refractivity contribution in [3.8, 4) is 0 Å². The molecule has 0 spiro atoms. The van der Waals surface area contributed by atoms with Gasteiger partial charge >= 0.3 is 0 Å². The zero-order valence-corrected chi connectivity index (χ0v) is 22.0. The van der Waals surface area contributed by atoms with Crippen molar-refractivity contribution in [1.82, 2.24) is 10.3 Å². The molecule has 2 amide bonds. The molecule has 2 aromatic rings. The normalized spacial score (nSPS) is 22.8. The third-order valence-electron chi connectivity index (χ3n) is 7.50. The summed E-state index contributed by atoms with van der Waals surface area (Å²) in [5.74, 6) is 0.608. The highest BCUT2D eigenvalue weighted by Gasteiger charge is 2.42. The number of Topliss-reactive ketones (excluding diaryl/α,β-unsaturated/α-hetero) is 1. The molecule has 3 aliphatic rings. The standard InChI is InChI=1S/C27H32BrN5O3/c1-2-9-30-23-13-20(22(28)12-21(23)26(29)35)27(36)32-17-10-18-6-7-19(11-17)33(18)24-8-5-16(14-31-24)25(34)15-3-4-15/h5,8,12-15,17-19,30H,2-4,6-7,9-11H2,1H3,(H2,29,35)(H,32,36)/t17?,18-,19+. The van der Waals surface area contributed by atoms with Crippen molar-refractivity contribution in [3.63, 3.8) is 0 Å². The number of rotatable bonds is 9. The van der Waals surface area contributed by atoms with Crippen LogP contribution in [0.5, 0.6) is 0 Å². The van der Waals surface area contributed by atoms with E-state index in [-0.39, 0.29) is 23.7 Å². The summed E-state index contributed by atoms with van der Waals surface area (Å²) in [5, 5.41) is 6.42. The molecular formula is C27H32BrN5O3. The minimum absolute atomic E-state index is 0.0525. The predicted octanol–water partition coefficient (Wildman–Crippen LogP) is 4.29. The Hall–Kier alpha value is -2.94. The lowest BCUT2D eigenvalue weighted by Crippen LogP contribution is -2.50. The number of carbonyl (C=O) groups is 3. The van der Waals surface area contributed by atoms with Crippen LogP contribution in [0.2, 0.25) is 0 Å². The fourth-order valence-electron chi connectivity index (χ4n) is 5.55. The molecular weight excluding hydrogens is 522 g/mol. The fraction of sp³-hybridized carbons (Fsp3) is 0.481. The third-order valence-corrected chi connectivity index (χ3v) is 8.15. The van der Waals surface area contributed by atoms with Gasteiger partial charge in [-0.25, -0.2) is 4.98 Å². The summed E-state index contributed by atoms with van der Waals surface area (Å²) >= 11 is 3.45. The van der Waals surface area contributed by atoms with Gasteiger partial charge < -0.3 is 21.3 Å². The predicted molar refractivity (Wildman–Crippen MR) is 143 cm³/mol. The number of hydrogen-bond acceptors (Lipinski definition) is 6. The number of primary amides is 1. The first kappa shape index (κ1) is 24.7. The second-order valence-electron chi connectivity index (χ2n) is 10.1. The van der Waals surface area contributed by atoms with Crippen LogP contribution in [0.25, 0.3) is 0 Å². The summed E-state index contributed by atoms with van der Waals surface area (Å²) in [6.07, 6.45) is 8.38. The van der Waals surface area contributed by atoms with Gasteiger partial charge in [-0.2, -0.15) is 0 Å². The average Bonchev–Trinajstić information content (AvgIpc) is 3.67. The molecule has 8 nitrogen and oxygen atoms in total. The number of nitrogens with two attached hydrogens (primary N) is 1. The van der Waals surface area contributed by atoms with Gasteiger partial charge in [0.2, 0.25) is 0 Å². The molecule has 2 saturated heterocycles. The van der Waals surface area contributed by atoms with Crippen LogP contribution in [0.15, 0.2) is 34.9 Å². The third kappa shape index (κ3) is 4.98. The number of ketones is 1. The summed E-state index contributed by atoms with van der Waals surface area (Å²) in [5.41, 5.74) is 7.65. The van der Waals surface area contributed by atoms with E-state index in [9.17, 15) is 14.4 Å². The van der Waals surface area contributed by atoms with E-state index in [4.69, 9.17) is 5.73 Å². The number of benzene rings is 1. The lowest BCUT2D eigenvalue weighted by atomic mass is 9.96. The topological polar surface area (TPSA) is 117 Å². The van der Waals surface area contributed by atoms with Gasteiger partial charge in [0.25, 0.3) is 11.8 Å². The molecule has 4 N–H and O–H groups in total. The lowest BCUT2D eigenvalue weighted by molar-refractivity contribution is 0.0923. The van der Waals surface area contributed by atoms with Gasteiger partial charge in [-0.05, 0) is 85.1 Å². The molecule has 3 atom stereocenters. The first-order valence-corrected chi connectivity index (χ1v) is 13.6. The quantitative estimate of drug-likeness (QED) is 0.399. The van der Waals surface area contributed by atoms with Crippen molar-refractivity contribution in [3.05, 3.63) is 51.6 Å². The van der Waals surface area contributed by atoms with Crippen LogP contribution in [0.1, 0.15) is 82.9 Å². The van der Waals surface area contributed by atoms with E-state index in [1.54, 1.807) is 18.3 Å². The maximum atomic E-state index is 13.2. The number of hydrogen-bond donors (Lipinski definition) is 3. The number of carbonyl (C=O) groups excluding carboxylic acids is 3. The van der Waals surface area contributed by atoms with Crippen molar-refractivity contribution >= 4 is 45.0 Å². The van der Waals surface area contributed by atoms with Crippen LogP contribution in [0.4, 0.5) is 11.5 Å². The molecule has 0 radical (unpaired) electrons. The molecule has 9 heteroatoms. The second-order valence-corrected chi connectivity index (χ2v) is 11.0. The molecule has 1 saturated carbocycles. The molecule has 1 aliphatic carbocycles. The van der Waals surface area contributed by atoms with E-state index in [0.29, 0.717) is 45.5 Å². The van der Waals surface area contributed by atoms with Crippen molar-refractivity contribution in [2.75, 3.05) is 16.8 Å². The molecule has 190 valence electrons. The molecule has 1 aromatic carbocycles. The number of fused-ring (bicyclic) bond motifs is 2. The molecule has 1 unspecified atom stereocenters. The number of nitrogens with one attached hydrogen (secondary N) is 2. The van der Waals surface area contributed by atoms with Gasteiger partial charge in [0, 0.05) is 52.5 Å². The highest BCUT2D eigenvalue weighted by molar-refractivity contribution is 9.10. The van der Waals surface area contributed by atoms with E-state index >= 15 is 0 Å². The first-order valence-electron chi connectivity index (χ1n) is 12.8. The van der Waals surface area contributed by atoms with Gasteiger partial charge in [-0.1, -0.05) is 6.92 Å². The Balaban J connectivity index is 1.26. The van der Waals surface area contributed by atoms with E-state index in [1.807, 2.05) is 19.1 Å². The molecule has 36 heavy (non-hydrogen) atoms. The minimum Gasteiger partial charge on any atom is -0.384 e. The van der Waals surface area contributed by atoms with Crippen LogP contribution in [0.3, 0.4) is 0 Å². The Morgan fingerprint density at radius 2 is 1.81 bits per heavy atom. The summed E-state index contributed by atoms with van der Waals surface area (Å²) in [6, 6.07) is 7.85. The fourth-order valence-corrected chi connectivity index (χ4v) is 6.08. The van der Waals surface area contributed by atoms with Crippen molar-refractivity contribution in [2.24, 2.45) is 11.7 Å². The van der Waals surface area contributed by atoms with Gasteiger partial charge in [-0.3, -0.25) is 14.4 Å². The zero-order valence-electron chi connectivity index (χ0n) is 20.4. The zero-order chi connectivity index (χ0) is 25.4. The molecule has 2 aliphatic heterocycles. The smallest absolute Gasteiger partial charge is 0.252 e. The molecule has 5 rings (SSSR count). The SMILES string of the molecule is CCCNc1cc(C(=O)NC2C[C@H]3CC[C@@H](C2)N3c2ccc(C(=O)C3CC3)cn2)c(Br)cc1C(N)=O. The Bertz CT molecular complexity index is 1170. The Morgan fingerprint density at radius 1 is 1.08 bits per heavy atom. The number of nitrogens with zero attached hydrogens (tertiary/aromatic N) is 2. The van der Waals surface area contributed by atoms with Crippen LogP contribution in [0, 0.1) is 5.92 Å². The van der Waals surface area contributed by atoms with Crippen molar-refractivity contribution in [1.29, 1.82) is 0 Å². The summed E-state index contributed by atoms with van der Waals surface area (Å²) in [6.45, 7) is 2.70. The highest BCUT2D eigenvalue weighted by atomic mass is 79.9. The second kappa shape index (κ2) is 10.2. The molecule has 3 heterocycles. The van der Waals surface area contributed by atoms with Crippen LogP contribution >= 0.6 is 15.9 Å². The number of pyridine rings is 1. The van der Waals surface area contributed by atoms with Gasteiger partial charge in [0.1, 0.15) is 5.82 Å². The van der Waals surface area contributed by atoms with Crippen LogP contribution in [-0.2, 0) is 0 Å². The number of halogens is 1. The van der Waals surface area contributed by atoms with Crippen LogP contribution < -0.4 is 21.3 Å². The summed E-state index contributed by atoms with van der Waals surface area (Å²) in [7, 11) is 0. The maximum absolute atomic E-state index is 13.2. The summed E-state index contributed by atoms with van der Waals surface area (Å²) < 4.78 is 0.543. The first-order chi connectivity index (χ1) is 17.4. The Labute approximate surface area is 219 Å². The van der Waals surface area contributed by atoms with Gasteiger partial charge in [-0.15, -0.1) is 0 Å². The molecule has 2 bridgehead atoms. The lowest BCUT2D eigenvalue weighted by Gasteiger charge is -2.40. The summed E-state index contributed by atoms with van der Waals surface area (Å²) in [4.78, 5) is 44.5. The van der Waals surface area contributed by atoms with Crippen LogP contribution in [-0.4, -0.2) is 47.3 Å². The van der Waals surface area contributed by atoms with E-state index in [1.165, 1.54) is 0 Å². The number of amides is 2. The van der Waals surface area contributed by atoms with Crippen molar-refractivity contribution in [2.45, 2.75) is 70.0 Å². The minimum atomic E-state index is -0.538. The monoisotopic (exact) mass is 553 g/mol. The number of aromatic nitrogens is 1. The molecule has 3 fully saturated rings. The van der Waals surface area contributed by atoms with E-state index < -0.39 is 5.91 Å².